The van der Waals surface area contributed by atoms with E-state index in [-0.39, 0.29) is 0 Å². The van der Waals surface area contributed by atoms with E-state index in [2.05, 4.69) is 10.6 Å². The summed E-state index contributed by atoms with van der Waals surface area (Å²) in [5.74, 6) is 0.644. The van der Waals surface area contributed by atoms with E-state index in [9.17, 15) is 0 Å². The molecule has 0 radical (unpaired) electrons. The molecule has 0 spiro atoms. The van der Waals surface area contributed by atoms with Crippen LogP contribution in [-0.4, -0.2) is 18.3 Å². The second-order valence-electron chi connectivity index (χ2n) is 4.43. The fraction of sp³-hybridized carbons (Fsp3) is 0.462. The molecule has 0 aromatic heterocycles. The molecule has 2 rings (SSSR count). The number of hydrogen-bond acceptors (Lipinski definition) is 2. The lowest BCUT2D eigenvalue weighted by Crippen LogP contribution is -2.35. The van der Waals surface area contributed by atoms with Crippen molar-refractivity contribution >= 4 is 34.6 Å². The van der Waals surface area contributed by atoms with Crippen LogP contribution in [0, 0.1) is 0 Å². The molecule has 0 atom stereocenters. The molecule has 0 bridgehead atoms. The van der Waals surface area contributed by atoms with Gasteiger partial charge in [-0.25, -0.2) is 0 Å². The van der Waals surface area contributed by atoms with Crippen molar-refractivity contribution in [2.45, 2.75) is 31.7 Å². The second-order valence-corrected chi connectivity index (χ2v) is 5.24. The van der Waals surface area contributed by atoms with E-state index in [1.807, 2.05) is 12.1 Å². The Hall–Kier alpha value is -1.00. The molecule has 0 saturated heterocycles. The SMILES string of the molecule is COc1cc(NC(=S)NC2CCCC2)ccc1Cl. The van der Waals surface area contributed by atoms with E-state index in [1.165, 1.54) is 25.7 Å². The summed E-state index contributed by atoms with van der Waals surface area (Å²) in [4.78, 5) is 0. The van der Waals surface area contributed by atoms with E-state index >= 15 is 0 Å². The molecule has 3 nitrogen and oxygen atoms in total. The quantitative estimate of drug-likeness (QED) is 0.831. The summed E-state index contributed by atoms with van der Waals surface area (Å²) in [5, 5.41) is 7.73. The van der Waals surface area contributed by atoms with Gasteiger partial charge < -0.3 is 15.4 Å². The molecule has 98 valence electrons. The molecule has 1 saturated carbocycles. The third kappa shape index (κ3) is 3.50. The molecule has 0 unspecified atom stereocenters. The summed E-state index contributed by atoms with van der Waals surface area (Å²) in [7, 11) is 1.60. The zero-order chi connectivity index (χ0) is 13.0. The van der Waals surface area contributed by atoms with Crippen LogP contribution in [0.2, 0.25) is 5.02 Å². The van der Waals surface area contributed by atoms with Gasteiger partial charge in [-0.15, -0.1) is 0 Å². The number of anilines is 1. The number of methoxy groups -OCH3 is 1. The smallest absolute Gasteiger partial charge is 0.170 e. The minimum Gasteiger partial charge on any atom is -0.495 e. The zero-order valence-electron chi connectivity index (χ0n) is 10.3. The Morgan fingerprint density at radius 3 is 2.78 bits per heavy atom. The molecule has 5 heteroatoms. The van der Waals surface area contributed by atoms with Crippen LogP contribution in [-0.2, 0) is 0 Å². The molecular weight excluding hydrogens is 268 g/mol. The summed E-state index contributed by atoms with van der Waals surface area (Å²) in [5.41, 5.74) is 0.881. The molecule has 1 aliphatic carbocycles. The van der Waals surface area contributed by atoms with E-state index < -0.39 is 0 Å². The Labute approximate surface area is 118 Å². The molecule has 0 heterocycles. The number of rotatable bonds is 3. The number of hydrogen-bond donors (Lipinski definition) is 2. The second kappa shape index (κ2) is 6.25. The van der Waals surface area contributed by atoms with Crippen LogP contribution in [0.3, 0.4) is 0 Å². The van der Waals surface area contributed by atoms with Gasteiger partial charge in [0.1, 0.15) is 5.75 Å². The van der Waals surface area contributed by atoms with Crippen LogP contribution in [0.1, 0.15) is 25.7 Å². The van der Waals surface area contributed by atoms with Crippen LogP contribution in [0.25, 0.3) is 0 Å². The first-order valence-electron chi connectivity index (χ1n) is 6.10. The highest BCUT2D eigenvalue weighted by Gasteiger charge is 2.15. The molecular formula is C13H17ClN2OS. The van der Waals surface area contributed by atoms with Crippen LogP contribution in [0.5, 0.6) is 5.75 Å². The van der Waals surface area contributed by atoms with E-state index in [1.54, 1.807) is 13.2 Å². The Morgan fingerprint density at radius 2 is 2.11 bits per heavy atom. The van der Waals surface area contributed by atoms with Gasteiger partial charge in [0.15, 0.2) is 5.11 Å². The number of halogens is 1. The highest BCUT2D eigenvalue weighted by molar-refractivity contribution is 7.80. The molecule has 1 aromatic carbocycles. The Morgan fingerprint density at radius 1 is 1.39 bits per heavy atom. The predicted molar refractivity (Wildman–Crippen MR) is 79.6 cm³/mol. The normalized spacial score (nSPS) is 15.4. The minimum absolute atomic E-state index is 0.513. The van der Waals surface area contributed by atoms with Gasteiger partial charge in [-0.3, -0.25) is 0 Å². The van der Waals surface area contributed by atoms with Crippen molar-refractivity contribution in [1.82, 2.24) is 5.32 Å². The maximum atomic E-state index is 5.97. The largest absolute Gasteiger partial charge is 0.495 e. The van der Waals surface area contributed by atoms with Crippen molar-refractivity contribution in [3.05, 3.63) is 23.2 Å². The predicted octanol–water partition coefficient (Wildman–Crippen LogP) is 3.58. The van der Waals surface area contributed by atoms with Gasteiger partial charge in [0.2, 0.25) is 0 Å². The van der Waals surface area contributed by atoms with Gasteiger partial charge in [0, 0.05) is 17.8 Å². The minimum atomic E-state index is 0.513. The number of ether oxygens (including phenoxy) is 1. The fourth-order valence-corrected chi connectivity index (χ4v) is 2.64. The van der Waals surface area contributed by atoms with Crippen molar-refractivity contribution in [3.63, 3.8) is 0 Å². The summed E-state index contributed by atoms with van der Waals surface area (Å²) >= 11 is 11.3. The number of nitrogens with one attached hydrogen (secondary N) is 2. The van der Waals surface area contributed by atoms with Gasteiger partial charge in [-0.2, -0.15) is 0 Å². The van der Waals surface area contributed by atoms with Crippen LogP contribution in [0.4, 0.5) is 5.69 Å². The lowest BCUT2D eigenvalue weighted by atomic mass is 10.2. The van der Waals surface area contributed by atoms with Crippen LogP contribution in [0.15, 0.2) is 18.2 Å². The first-order valence-corrected chi connectivity index (χ1v) is 6.88. The first-order chi connectivity index (χ1) is 8.69. The van der Waals surface area contributed by atoms with Crippen LogP contribution >= 0.6 is 23.8 Å². The van der Waals surface area contributed by atoms with Gasteiger partial charge >= 0.3 is 0 Å². The maximum Gasteiger partial charge on any atom is 0.170 e. The molecule has 1 aromatic rings. The Kier molecular flexibility index (Phi) is 4.66. The fourth-order valence-electron chi connectivity index (χ4n) is 2.16. The molecule has 0 aliphatic heterocycles. The van der Waals surface area contributed by atoms with Crippen molar-refractivity contribution in [1.29, 1.82) is 0 Å². The topological polar surface area (TPSA) is 33.3 Å². The summed E-state index contributed by atoms with van der Waals surface area (Å²) < 4.78 is 5.17. The van der Waals surface area contributed by atoms with Crippen molar-refractivity contribution in [2.75, 3.05) is 12.4 Å². The van der Waals surface area contributed by atoms with Crippen molar-refractivity contribution < 1.29 is 4.74 Å². The summed E-state index contributed by atoms with van der Waals surface area (Å²) in [6.07, 6.45) is 4.97. The van der Waals surface area contributed by atoms with Crippen molar-refractivity contribution in [2.24, 2.45) is 0 Å². The van der Waals surface area contributed by atoms with Gasteiger partial charge in [-0.05, 0) is 37.2 Å². The monoisotopic (exact) mass is 284 g/mol. The third-order valence-corrected chi connectivity index (χ3v) is 3.63. The van der Waals surface area contributed by atoms with E-state index in [0.717, 1.165) is 5.69 Å². The van der Waals surface area contributed by atoms with Gasteiger partial charge in [-0.1, -0.05) is 24.4 Å². The Balaban J connectivity index is 1.93. The van der Waals surface area contributed by atoms with Gasteiger partial charge in [0.05, 0.1) is 12.1 Å². The molecule has 1 aliphatic rings. The summed E-state index contributed by atoms with van der Waals surface area (Å²) in [6.45, 7) is 0. The highest BCUT2D eigenvalue weighted by Crippen LogP contribution is 2.27. The van der Waals surface area contributed by atoms with Crippen molar-refractivity contribution in [3.8, 4) is 5.75 Å². The van der Waals surface area contributed by atoms with Crippen LogP contribution < -0.4 is 15.4 Å². The number of benzene rings is 1. The zero-order valence-corrected chi connectivity index (χ0v) is 11.9. The lowest BCUT2D eigenvalue weighted by molar-refractivity contribution is 0.415. The average molecular weight is 285 g/mol. The van der Waals surface area contributed by atoms with E-state index in [4.69, 9.17) is 28.6 Å². The molecule has 18 heavy (non-hydrogen) atoms. The average Bonchev–Trinajstić information content (AvgIpc) is 2.84. The number of thiocarbonyl (C=S) groups is 1. The molecule has 1 fully saturated rings. The lowest BCUT2D eigenvalue weighted by Gasteiger charge is -2.16. The molecule has 0 amide bonds. The Bertz CT molecular complexity index is 433. The maximum absolute atomic E-state index is 5.97. The third-order valence-electron chi connectivity index (χ3n) is 3.10. The standard InChI is InChI=1S/C13H17ClN2OS/c1-17-12-8-10(6-7-11(12)14)16-13(18)15-9-4-2-3-5-9/h6-9H,2-5H2,1H3,(H2,15,16,18). The van der Waals surface area contributed by atoms with Gasteiger partial charge in [0.25, 0.3) is 0 Å². The highest BCUT2D eigenvalue weighted by atomic mass is 35.5. The summed E-state index contributed by atoms with van der Waals surface area (Å²) in [6, 6.07) is 6.03. The molecule has 2 N–H and O–H groups in total. The van der Waals surface area contributed by atoms with E-state index in [0.29, 0.717) is 21.9 Å². The first kappa shape index (κ1) is 13.4.